The van der Waals surface area contributed by atoms with Crippen molar-refractivity contribution in [1.29, 1.82) is 0 Å². The maximum atomic E-state index is 5.41. The Hall–Kier alpha value is -1.26. The van der Waals surface area contributed by atoms with Crippen LogP contribution in [0.25, 0.3) is 0 Å². The van der Waals surface area contributed by atoms with Crippen LogP contribution in [0.15, 0.2) is 12.1 Å². The molecule has 0 atom stereocenters. The zero-order valence-electron chi connectivity index (χ0n) is 12.4. The first kappa shape index (κ1) is 13.7. The van der Waals surface area contributed by atoms with Crippen molar-refractivity contribution >= 4 is 0 Å². The molecule has 1 fully saturated rings. The lowest BCUT2D eigenvalue weighted by molar-refractivity contribution is 0.212. The van der Waals surface area contributed by atoms with Crippen LogP contribution in [-0.4, -0.2) is 45.3 Å². The number of nitrogens with one attached hydrogen (secondary N) is 1. The van der Waals surface area contributed by atoms with E-state index in [1.54, 1.807) is 14.2 Å². The first-order chi connectivity index (χ1) is 9.80. The molecule has 2 aliphatic rings. The zero-order valence-corrected chi connectivity index (χ0v) is 12.4. The first-order valence-electron chi connectivity index (χ1n) is 7.47. The van der Waals surface area contributed by atoms with E-state index < -0.39 is 0 Å². The lowest BCUT2D eigenvalue weighted by Gasteiger charge is -2.33. The van der Waals surface area contributed by atoms with Gasteiger partial charge in [0.15, 0.2) is 11.5 Å². The maximum absolute atomic E-state index is 5.41. The van der Waals surface area contributed by atoms with Gasteiger partial charge in [-0.1, -0.05) is 0 Å². The van der Waals surface area contributed by atoms with Gasteiger partial charge in [0.25, 0.3) is 0 Å². The summed E-state index contributed by atoms with van der Waals surface area (Å²) in [5.41, 5.74) is 2.80. The summed E-state index contributed by atoms with van der Waals surface area (Å²) in [7, 11) is 3.40. The minimum Gasteiger partial charge on any atom is -0.493 e. The molecule has 20 heavy (non-hydrogen) atoms. The summed E-state index contributed by atoms with van der Waals surface area (Å²) in [6, 6.07) is 4.28. The molecule has 0 radical (unpaired) electrons. The number of ether oxygens (including phenoxy) is 2. The van der Waals surface area contributed by atoms with Crippen molar-refractivity contribution < 1.29 is 9.47 Å². The fourth-order valence-corrected chi connectivity index (χ4v) is 3.05. The van der Waals surface area contributed by atoms with E-state index in [1.807, 2.05) is 0 Å². The van der Waals surface area contributed by atoms with Gasteiger partial charge in [-0.3, -0.25) is 4.90 Å². The van der Waals surface area contributed by atoms with Gasteiger partial charge in [-0.25, -0.2) is 0 Å². The van der Waals surface area contributed by atoms with Crippen LogP contribution in [0.3, 0.4) is 0 Å². The number of rotatable bonds is 5. The smallest absolute Gasteiger partial charge is 0.161 e. The van der Waals surface area contributed by atoms with Gasteiger partial charge in [0.05, 0.1) is 14.2 Å². The van der Waals surface area contributed by atoms with Crippen LogP contribution in [0.1, 0.15) is 17.5 Å². The Labute approximate surface area is 121 Å². The summed E-state index contributed by atoms with van der Waals surface area (Å²) < 4.78 is 10.8. The third-order valence-electron chi connectivity index (χ3n) is 4.52. The van der Waals surface area contributed by atoms with Crippen LogP contribution in [-0.2, 0) is 13.0 Å². The molecule has 4 nitrogen and oxygen atoms in total. The molecule has 0 unspecified atom stereocenters. The molecule has 1 aromatic carbocycles. The number of benzene rings is 1. The van der Waals surface area contributed by atoms with Crippen molar-refractivity contribution in [2.24, 2.45) is 5.92 Å². The SMILES string of the molecule is COc1cc2c(cc1OC)CN(CCC1CNC1)CC2. The minimum atomic E-state index is 0.844. The molecule has 2 heterocycles. The van der Waals surface area contributed by atoms with Crippen molar-refractivity contribution in [3.05, 3.63) is 23.3 Å². The third-order valence-corrected chi connectivity index (χ3v) is 4.52. The monoisotopic (exact) mass is 276 g/mol. The standard InChI is InChI=1S/C16H24N2O2/c1-19-15-7-13-4-6-18(5-3-12-9-17-10-12)11-14(13)8-16(15)20-2/h7-8,12,17H,3-6,9-11H2,1-2H3. The van der Waals surface area contributed by atoms with Crippen molar-refractivity contribution in [3.63, 3.8) is 0 Å². The molecule has 0 aliphatic carbocycles. The van der Waals surface area contributed by atoms with Gasteiger partial charge in [-0.05, 0) is 61.7 Å². The van der Waals surface area contributed by atoms with Gasteiger partial charge < -0.3 is 14.8 Å². The van der Waals surface area contributed by atoms with Gasteiger partial charge in [0, 0.05) is 13.1 Å². The van der Waals surface area contributed by atoms with E-state index in [2.05, 4.69) is 22.3 Å². The Morgan fingerprint density at radius 3 is 2.45 bits per heavy atom. The highest BCUT2D eigenvalue weighted by Crippen LogP contribution is 2.33. The predicted molar refractivity (Wildman–Crippen MR) is 79.5 cm³/mol. The van der Waals surface area contributed by atoms with Crippen molar-refractivity contribution in [2.45, 2.75) is 19.4 Å². The van der Waals surface area contributed by atoms with E-state index >= 15 is 0 Å². The second kappa shape index (κ2) is 6.02. The van der Waals surface area contributed by atoms with E-state index in [0.717, 1.165) is 36.9 Å². The van der Waals surface area contributed by atoms with Crippen molar-refractivity contribution in [1.82, 2.24) is 10.2 Å². The number of hydrogen-bond donors (Lipinski definition) is 1. The van der Waals surface area contributed by atoms with E-state index in [0.29, 0.717) is 0 Å². The highest BCUT2D eigenvalue weighted by molar-refractivity contribution is 5.48. The van der Waals surface area contributed by atoms with Gasteiger partial charge in [-0.2, -0.15) is 0 Å². The molecule has 0 aromatic heterocycles. The van der Waals surface area contributed by atoms with E-state index in [9.17, 15) is 0 Å². The molecule has 0 amide bonds. The Morgan fingerprint density at radius 2 is 1.85 bits per heavy atom. The lowest BCUT2D eigenvalue weighted by Crippen LogP contribution is -2.44. The molecule has 3 rings (SSSR count). The summed E-state index contributed by atoms with van der Waals surface area (Å²) in [6.45, 7) is 5.81. The molecule has 2 aliphatic heterocycles. The molecule has 110 valence electrons. The average Bonchev–Trinajstić information content (AvgIpc) is 2.44. The molecular formula is C16H24N2O2. The van der Waals surface area contributed by atoms with Gasteiger partial charge in [0.2, 0.25) is 0 Å². The summed E-state index contributed by atoms with van der Waals surface area (Å²) in [4.78, 5) is 2.56. The largest absolute Gasteiger partial charge is 0.493 e. The predicted octanol–water partition coefficient (Wildman–Crippen LogP) is 1.67. The molecular weight excluding hydrogens is 252 g/mol. The molecule has 0 spiro atoms. The molecule has 1 N–H and O–H groups in total. The molecule has 0 bridgehead atoms. The molecule has 0 saturated carbocycles. The van der Waals surface area contributed by atoms with E-state index in [4.69, 9.17) is 9.47 Å². The molecule has 1 aromatic rings. The van der Waals surface area contributed by atoms with Crippen LogP contribution < -0.4 is 14.8 Å². The van der Waals surface area contributed by atoms with Crippen LogP contribution in [0.4, 0.5) is 0 Å². The van der Waals surface area contributed by atoms with E-state index in [1.165, 1.54) is 37.2 Å². The average molecular weight is 276 g/mol. The minimum absolute atomic E-state index is 0.844. The Morgan fingerprint density at radius 1 is 1.15 bits per heavy atom. The summed E-state index contributed by atoms with van der Waals surface area (Å²) in [5.74, 6) is 2.58. The fourth-order valence-electron chi connectivity index (χ4n) is 3.05. The lowest BCUT2D eigenvalue weighted by atomic mass is 9.96. The third kappa shape index (κ3) is 2.76. The first-order valence-corrected chi connectivity index (χ1v) is 7.47. The summed E-state index contributed by atoms with van der Waals surface area (Å²) >= 11 is 0. The maximum Gasteiger partial charge on any atom is 0.161 e. The van der Waals surface area contributed by atoms with Crippen LogP contribution >= 0.6 is 0 Å². The second-order valence-electron chi connectivity index (χ2n) is 5.81. The Balaban J connectivity index is 1.66. The highest BCUT2D eigenvalue weighted by Gasteiger charge is 2.22. The van der Waals surface area contributed by atoms with Crippen molar-refractivity contribution in [2.75, 3.05) is 40.4 Å². The van der Waals surface area contributed by atoms with Gasteiger partial charge in [0.1, 0.15) is 0 Å². The quantitative estimate of drug-likeness (QED) is 0.887. The Bertz CT molecular complexity index is 472. The number of hydrogen-bond acceptors (Lipinski definition) is 4. The highest BCUT2D eigenvalue weighted by atomic mass is 16.5. The van der Waals surface area contributed by atoms with Crippen LogP contribution in [0, 0.1) is 5.92 Å². The number of nitrogens with zero attached hydrogens (tertiary/aromatic N) is 1. The number of fused-ring (bicyclic) bond motifs is 1. The summed E-state index contributed by atoms with van der Waals surface area (Å²) in [5, 5.41) is 3.34. The number of methoxy groups -OCH3 is 2. The summed E-state index contributed by atoms with van der Waals surface area (Å²) in [6.07, 6.45) is 2.42. The van der Waals surface area contributed by atoms with Crippen molar-refractivity contribution in [3.8, 4) is 11.5 Å². The fraction of sp³-hybridized carbons (Fsp3) is 0.625. The second-order valence-corrected chi connectivity index (χ2v) is 5.81. The topological polar surface area (TPSA) is 33.7 Å². The molecule has 4 heteroatoms. The van der Waals surface area contributed by atoms with E-state index in [-0.39, 0.29) is 0 Å². The zero-order chi connectivity index (χ0) is 13.9. The van der Waals surface area contributed by atoms with Crippen LogP contribution in [0.5, 0.6) is 11.5 Å². The molecule has 1 saturated heterocycles. The van der Waals surface area contributed by atoms with Crippen LogP contribution in [0.2, 0.25) is 0 Å². The van der Waals surface area contributed by atoms with Gasteiger partial charge in [-0.15, -0.1) is 0 Å². The normalized spacial score (nSPS) is 19.3. The van der Waals surface area contributed by atoms with Gasteiger partial charge >= 0.3 is 0 Å². The Kier molecular flexibility index (Phi) is 4.13.